The minimum atomic E-state index is -0.135. The fraction of sp³-hybridized carbons (Fsp3) is 0.111. The van der Waals surface area contributed by atoms with Crippen LogP contribution in [0, 0.1) is 0 Å². The van der Waals surface area contributed by atoms with Crippen LogP contribution in [0.1, 0.15) is 6.92 Å². The zero-order valence-corrected chi connectivity index (χ0v) is 14.3. The molecule has 25 heavy (non-hydrogen) atoms. The second-order valence-corrected chi connectivity index (χ2v) is 6.30. The molecule has 2 aromatic carbocycles. The first kappa shape index (κ1) is 16.9. The highest BCUT2D eigenvalue weighted by molar-refractivity contribution is 8.00. The molecule has 3 aromatic rings. The zero-order chi connectivity index (χ0) is 17.6. The fourth-order valence-electron chi connectivity index (χ4n) is 2.28. The lowest BCUT2D eigenvalue weighted by Gasteiger charge is -2.07. The minimum Gasteiger partial charge on any atom is -0.326 e. The van der Waals surface area contributed by atoms with Gasteiger partial charge in [-0.3, -0.25) is 9.59 Å². The molecule has 0 saturated carbocycles. The van der Waals surface area contributed by atoms with Crippen LogP contribution in [0.5, 0.6) is 0 Å². The third-order valence-corrected chi connectivity index (χ3v) is 4.35. The Bertz CT molecular complexity index is 907. The van der Waals surface area contributed by atoms with Gasteiger partial charge in [0.25, 0.3) is 0 Å². The highest BCUT2D eigenvalue weighted by Crippen LogP contribution is 2.24. The molecule has 0 aliphatic heterocycles. The summed E-state index contributed by atoms with van der Waals surface area (Å²) in [6.45, 7) is 1.45. The van der Waals surface area contributed by atoms with Crippen molar-refractivity contribution in [1.82, 2.24) is 10.2 Å². The molecular formula is C18H16N4O2S. The maximum absolute atomic E-state index is 12.1. The predicted octanol–water partition coefficient (Wildman–Crippen LogP) is 3.32. The third-order valence-electron chi connectivity index (χ3n) is 3.37. The van der Waals surface area contributed by atoms with E-state index in [2.05, 4.69) is 20.8 Å². The molecule has 7 heteroatoms. The van der Waals surface area contributed by atoms with Crippen molar-refractivity contribution in [3.05, 3.63) is 54.7 Å². The summed E-state index contributed by atoms with van der Waals surface area (Å²) in [5.41, 5.74) is 1.36. The number of fused-ring (bicyclic) bond motifs is 1. The van der Waals surface area contributed by atoms with E-state index >= 15 is 0 Å². The lowest BCUT2D eigenvalue weighted by atomic mass is 10.2. The first-order valence-electron chi connectivity index (χ1n) is 7.62. The first-order valence-corrected chi connectivity index (χ1v) is 8.61. The van der Waals surface area contributed by atoms with Gasteiger partial charge in [0.15, 0.2) is 0 Å². The molecule has 0 atom stereocenters. The van der Waals surface area contributed by atoms with Crippen molar-refractivity contribution in [3.63, 3.8) is 0 Å². The van der Waals surface area contributed by atoms with Gasteiger partial charge >= 0.3 is 0 Å². The summed E-state index contributed by atoms with van der Waals surface area (Å²) in [6, 6.07) is 14.8. The molecule has 2 N–H and O–H groups in total. The number of hydrogen-bond acceptors (Lipinski definition) is 5. The molecule has 0 bridgehead atoms. The minimum absolute atomic E-state index is 0.132. The molecule has 126 valence electrons. The first-order chi connectivity index (χ1) is 12.1. The van der Waals surface area contributed by atoms with Crippen LogP contribution in [0.2, 0.25) is 0 Å². The largest absolute Gasteiger partial charge is 0.326 e. The average Bonchev–Trinajstić information content (AvgIpc) is 2.61. The molecule has 0 radical (unpaired) electrons. The second-order valence-electron chi connectivity index (χ2n) is 5.33. The van der Waals surface area contributed by atoms with E-state index in [0.717, 1.165) is 15.8 Å². The standard InChI is InChI=1S/C18H16N4O2S/c1-12(23)20-14-6-8-15(9-7-14)21-17(24)11-25-18-16-5-3-2-4-13(16)10-19-22-18/h2-10H,11H2,1H3,(H,20,23)(H,21,24). The van der Waals surface area contributed by atoms with Crippen molar-refractivity contribution in [2.45, 2.75) is 11.9 Å². The lowest BCUT2D eigenvalue weighted by Crippen LogP contribution is -2.14. The van der Waals surface area contributed by atoms with Gasteiger partial charge in [-0.1, -0.05) is 36.0 Å². The Hall–Kier alpha value is -2.93. The molecule has 0 spiro atoms. The normalized spacial score (nSPS) is 10.4. The molecule has 0 aliphatic carbocycles. The second kappa shape index (κ2) is 7.76. The van der Waals surface area contributed by atoms with E-state index in [1.54, 1.807) is 30.5 Å². The molecule has 0 aliphatic rings. The molecule has 0 unspecified atom stereocenters. The molecule has 6 nitrogen and oxygen atoms in total. The Morgan fingerprint density at radius 1 is 1.00 bits per heavy atom. The maximum atomic E-state index is 12.1. The van der Waals surface area contributed by atoms with Crippen LogP contribution in [-0.2, 0) is 9.59 Å². The van der Waals surface area contributed by atoms with E-state index in [4.69, 9.17) is 0 Å². The molecule has 0 fully saturated rings. The average molecular weight is 352 g/mol. The van der Waals surface area contributed by atoms with E-state index in [-0.39, 0.29) is 17.6 Å². The van der Waals surface area contributed by atoms with E-state index in [0.29, 0.717) is 11.4 Å². The van der Waals surface area contributed by atoms with Gasteiger partial charge in [-0.25, -0.2) is 0 Å². The van der Waals surface area contributed by atoms with Gasteiger partial charge in [0.1, 0.15) is 5.03 Å². The number of rotatable bonds is 5. The van der Waals surface area contributed by atoms with Crippen molar-refractivity contribution in [2.24, 2.45) is 0 Å². The number of carbonyl (C=O) groups excluding carboxylic acids is 2. The Morgan fingerprint density at radius 2 is 1.68 bits per heavy atom. The molecule has 3 rings (SSSR count). The topological polar surface area (TPSA) is 84.0 Å². The van der Waals surface area contributed by atoms with Gasteiger partial charge < -0.3 is 10.6 Å². The lowest BCUT2D eigenvalue weighted by molar-refractivity contribution is -0.114. The van der Waals surface area contributed by atoms with E-state index in [1.807, 2.05) is 24.3 Å². The number of carbonyl (C=O) groups is 2. The highest BCUT2D eigenvalue weighted by atomic mass is 32.2. The summed E-state index contributed by atoms with van der Waals surface area (Å²) in [5, 5.41) is 16.3. The fourth-order valence-corrected chi connectivity index (χ4v) is 3.07. The number of anilines is 2. The smallest absolute Gasteiger partial charge is 0.234 e. The van der Waals surface area contributed by atoms with Crippen molar-refractivity contribution in [1.29, 1.82) is 0 Å². The monoisotopic (exact) mass is 352 g/mol. The zero-order valence-electron chi connectivity index (χ0n) is 13.5. The van der Waals surface area contributed by atoms with Gasteiger partial charge in [-0.2, -0.15) is 5.10 Å². The van der Waals surface area contributed by atoms with Crippen molar-refractivity contribution >= 4 is 45.7 Å². The van der Waals surface area contributed by atoms with Crippen molar-refractivity contribution < 1.29 is 9.59 Å². The summed E-state index contributed by atoms with van der Waals surface area (Å²) in [6.07, 6.45) is 1.70. The van der Waals surface area contributed by atoms with Crippen molar-refractivity contribution in [3.8, 4) is 0 Å². The van der Waals surface area contributed by atoms with E-state index < -0.39 is 0 Å². The number of thioether (sulfide) groups is 1. The Balaban J connectivity index is 1.60. The quantitative estimate of drug-likeness (QED) is 0.688. The van der Waals surface area contributed by atoms with Crippen LogP contribution in [0.15, 0.2) is 59.8 Å². The van der Waals surface area contributed by atoms with Gasteiger partial charge in [-0.15, -0.1) is 5.10 Å². The van der Waals surface area contributed by atoms with Crippen LogP contribution >= 0.6 is 11.8 Å². The van der Waals surface area contributed by atoms with Crippen LogP contribution in [0.25, 0.3) is 10.8 Å². The number of benzene rings is 2. The van der Waals surface area contributed by atoms with Crippen molar-refractivity contribution in [2.75, 3.05) is 16.4 Å². The summed E-state index contributed by atoms with van der Waals surface area (Å²) < 4.78 is 0. The summed E-state index contributed by atoms with van der Waals surface area (Å²) in [5.74, 6) is -0.0350. The Labute approximate surface area is 149 Å². The number of nitrogens with zero attached hydrogens (tertiary/aromatic N) is 2. The van der Waals surface area contributed by atoms with E-state index in [1.165, 1.54) is 18.7 Å². The van der Waals surface area contributed by atoms with Gasteiger partial charge in [0.2, 0.25) is 11.8 Å². The summed E-state index contributed by atoms with van der Waals surface area (Å²) >= 11 is 1.35. The van der Waals surface area contributed by atoms with Gasteiger partial charge in [-0.05, 0) is 24.3 Å². The predicted molar refractivity (Wildman–Crippen MR) is 99.6 cm³/mol. The van der Waals surface area contributed by atoms with Crippen LogP contribution < -0.4 is 10.6 Å². The van der Waals surface area contributed by atoms with Crippen LogP contribution in [0.4, 0.5) is 11.4 Å². The Kier molecular flexibility index (Phi) is 5.25. The highest BCUT2D eigenvalue weighted by Gasteiger charge is 2.08. The number of aromatic nitrogens is 2. The molecule has 1 heterocycles. The molecule has 2 amide bonds. The third kappa shape index (κ3) is 4.54. The Morgan fingerprint density at radius 3 is 2.40 bits per heavy atom. The summed E-state index contributed by atoms with van der Waals surface area (Å²) in [4.78, 5) is 23.1. The number of hydrogen-bond donors (Lipinski definition) is 2. The summed E-state index contributed by atoms with van der Waals surface area (Å²) in [7, 11) is 0. The number of amides is 2. The maximum Gasteiger partial charge on any atom is 0.234 e. The van der Waals surface area contributed by atoms with Crippen LogP contribution in [0.3, 0.4) is 0 Å². The van der Waals surface area contributed by atoms with Gasteiger partial charge in [0.05, 0.1) is 11.9 Å². The SMILES string of the molecule is CC(=O)Nc1ccc(NC(=O)CSc2nncc3ccccc23)cc1. The van der Waals surface area contributed by atoms with Crippen LogP contribution in [-0.4, -0.2) is 27.8 Å². The number of nitrogens with one attached hydrogen (secondary N) is 2. The molecular weight excluding hydrogens is 336 g/mol. The van der Waals surface area contributed by atoms with E-state index in [9.17, 15) is 9.59 Å². The molecule has 1 aromatic heterocycles. The molecule has 0 saturated heterocycles. The van der Waals surface area contributed by atoms with Gasteiger partial charge in [0, 0.05) is 29.1 Å².